The molecule has 170 valence electrons. The van der Waals surface area contributed by atoms with Crippen molar-refractivity contribution in [3.05, 3.63) is 53.6 Å². The number of carbonyl (C=O) groups excluding carboxylic acids is 2. The summed E-state index contributed by atoms with van der Waals surface area (Å²) >= 11 is 5.86. The molecule has 0 spiro atoms. The summed E-state index contributed by atoms with van der Waals surface area (Å²) in [4.78, 5) is 27.2. The molecule has 1 fully saturated rings. The Hall–Kier alpha value is -2.62. The van der Waals surface area contributed by atoms with Crippen LogP contribution in [-0.4, -0.2) is 57.4 Å². The SMILES string of the molecule is COC(=O)[C@H]1CN(C(=O)C2CCN(S(=O)(=O)c3ccc(Cl)cc3)CC2)c2ccccc2O1. The summed E-state index contributed by atoms with van der Waals surface area (Å²) in [5.41, 5.74) is 0.592. The fourth-order valence-corrected chi connectivity index (χ4v) is 5.61. The smallest absolute Gasteiger partial charge is 0.348 e. The van der Waals surface area contributed by atoms with Gasteiger partial charge in [-0.15, -0.1) is 0 Å². The number of amides is 1. The minimum absolute atomic E-state index is 0.0474. The van der Waals surface area contributed by atoms with Gasteiger partial charge in [0.1, 0.15) is 5.75 Å². The Morgan fingerprint density at radius 2 is 1.72 bits per heavy atom. The number of benzene rings is 2. The zero-order valence-electron chi connectivity index (χ0n) is 17.4. The number of anilines is 1. The molecule has 2 aromatic carbocycles. The largest absolute Gasteiger partial charge is 0.475 e. The van der Waals surface area contributed by atoms with E-state index in [0.29, 0.717) is 29.3 Å². The molecular formula is C22H23ClN2O6S. The van der Waals surface area contributed by atoms with Crippen LogP contribution in [0.5, 0.6) is 5.75 Å². The lowest BCUT2D eigenvalue weighted by Crippen LogP contribution is -2.51. The minimum atomic E-state index is -3.66. The van der Waals surface area contributed by atoms with Crippen LogP contribution in [0, 0.1) is 5.92 Å². The van der Waals surface area contributed by atoms with Gasteiger partial charge in [0, 0.05) is 24.0 Å². The third-order valence-electron chi connectivity index (χ3n) is 5.76. The molecule has 10 heteroatoms. The van der Waals surface area contributed by atoms with Crippen LogP contribution in [0.2, 0.25) is 5.02 Å². The lowest BCUT2D eigenvalue weighted by atomic mass is 9.95. The summed E-state index contributed by atoms with van der Waals surface area (Å²) in [5.74, 6) is -0.638. The molecule has 0 aromatic heterocycles. The molecule has 0 unspecified atom stereocenters. The second-order valence-electron chi connectivity index (χ2n) is 7.68. The third kappa shape index (κ3) is 4.32. The predicted molar refractivity (Wildman–Crippen MR) is 118 cm³/mol. The standard InChI is InChI=1S/C22H23ClN2O6S/c1-30-22(27)20-14-25(18-4-2-3-5-19(18)31-20)21(26)15-10-12-24(13-11-15)32(28,29)17-8-6-16(23)7-9-17/h2-9,15,20H,10-14H2,1H3/t20-/m1/s1. The minimum Gasteiger partial charge on any atom is -0.475 e. The molecule has 2 aromatic rings. The van der Waals surface area contributed by atoms with Crippen molar-refractivity contribution >= 4 is 39.2 Å². The van der Waals surface area contributed by atoms with E-state index in [4.69, 9.17) is 21.1 Å². The maximum Gasteiger partial charge on any atom is 0.348 e. The lowest BCUT2D eigenvalue weighted by Gasteiger charge is -2.37. The lowest BCUT2D eigenvalue weighted by molar-refractivity contribution is -0.148. The van der Waals surface area contributed by atoms with Gasteiger partial charge in [0.15, 0.2) is 0 Å². The molecule has 0 N–H and O–H groups in total. The first-order chi connectivity index (χ1) is 15.3. The zero-order chi connectivity index (χ0) is 22.9. The van der Waals surface area contributed by atoms with E-state index >= 15 is 0 Å². The van der Waals surface area contributed by atoms with Crippen molar-refractivity contribution in [2.45, 2.75) is 23.8 Å². The summed E-state index contributed by atoms with van der Waals surface area (Å²) in [6.45, 7) is 0.507. The maximum absolute atomic E-state index is 13.4. The normalized spacial score (nSPS) is 19.7. The third-order valence-corrected chi connectivity index (χ3v) is 7.92. The summed E-state index contributed by atoms with van der Waals surface area (Å²) in [6.07, 6.45) is -0.147. The van der Waals surface area contributed by atoms with E-state index < -0.39 is 22.1 Å². The number of para-hydroxylation sites is 2. The van der Waals surface area contributed by atoms with Crippen LogP contribution in [0.4, 0.5) is 5.69 Å². The Bertz CT molecular complexity index is 1110. The highest BCUT2D eigenvalue weighted by Gasteiger charge is 2.39. The van der Waals surface area contributed by atoms with Gasteiger partial charge in [0.05, 0.1) is 24.2 Å². The number of piperidine rings is 1. The van der Waals surface area contributed by atoms with Crippen molar-refractivity contribution in [2.75, 3.05) is 31.6 Å². The highest BCUT2D eigenvalue weighted by molar-refractivity contribution is 7.89. The van der Waals surface area contributed by atoms with Crippen LogP contribution in [0.3, 0.4) is 0 Å². The van der Waals surface area contributed by atoms with E-state index in [1.165, 1.54) is 35.7 Å². The molecule has 32 heavy (non-hydrogen) atoms. The molecule has 1 saturated heterocycles. The van der Waals surface area contributed by atoms with Gasteiger partial charge >= 0.3 is 5.97 Å². The molecule has 0 saturated carbocycles. The number of ether oxygens (including phenoxy) is 2. The summed E-state index contributed by atoms with van der Waals surface area (Å²) in [6, 6.07) is 13.1. The Labute approximate surface area is 191 Å². The van der Waals surface area contributed by atoms with Crippen molar-refractivity contribution in [3.8, 4) is 5.75 Å². The molecule has 4 rings (SSSR count). The average molecular weight is 479 g/mol. The number of methoxy groups -OCH3 is 1. The first-order valence-corrected chi connectivity index (χ1v) is 12.0. The topological polar surface area (TPSA) is 93.2 Å². The van der Waals surface area contributed by atoms with Gasteiger partial charge in [0.2, 0.25) is 22.0 Å². The first kappa shape index (κ1) is 22.6. The molecular weight excluding hydrogens is 456 g/mol. The van der Waals surface area contributed by atoms with Crippen molar-refractivity contribution in [1.82, 2.24) is 4.31 Å². The molecule has 1 atom stereocenters. The van der Waals surface area contributed by atoms with Crippen molar-refractivity contribution in [2.24, 2.45) is 5.92 Å². The number of nitrogens with zero attached hydrogens (tertiary/aromatic N) is 2. The van der Waals surface area contributed by atoms with E-state index in [-0.39, 0.29) is 36.4 Å². The van der Waals surface area contributed by atoms with E-state index in [2.05, 4.69) is 0 Å². The summed E-state index contributed by atoms with van der Waals surface area (Å²) in [7, 11) is -2.38. The van der Waals surface area contributed by atoms with E-state index in [1.54, 1.807) is 29.2 Å². The van der Waals surface area contributed by atoms with Gasteiger partial charge in [-0.3, -0.25) is 4.79 Å². The molecule has 2 aliphatic rings. The Balaban J connectivity index is 1.48. The van der Waals surface area contributed by atoms with Gasteiger partial charge in [-0.05, 0) is 49.2 Å². The summed E-state index contributed by atoms with van der Waals surface area (Å²) < 4.78 is 37.7. The zero-order valence-corrected chi connectivity index (χ0v) is 19.0. The van der Waals surface area contributed by atoms with Crippen LogP contribution in [-0.2, 0) is 24.3 Å². The molecule has 0 bridgehead atoms. The fourth-order valence-electron chi connectivity index (χ4n) is 4.02. The molecule has 2 aliphatic heterocycles. The number of hydrogen-bond acceptors (Lipinski definition) is 6. The first-order valence-electron chi connectivity index (χ1n) is 10.2. The highest BCUT2D eigenvalue weighted by Crippen LogP contribution is 2.36. The van der Waals surface area contributed by atoms with Gasteiger partial charge < -0.3 is 14.4 Å². The number of esters is 1. The van der Waals surface area contributed by atoms with Gasteiger partial charge in [-0.25, -0.2) is 13.2 Å². The molecule has 0 radical (unpaired) electrons. The number of hydrogen-bond donors (Lipinski definition) is 0. The van der Waals surface area contributed by atoms with Crippen LogP contribution < -0.4 is 9.64 Å². The maximum atomic E-state index is 13.4. The molecule has 0 aliphatic carbocycles. The monoisotopic (exact) mass is 478 g/mol. The van der Waals surface area contributed by atoms with E-state index in [0.717, 1.165) is 0 Å². The Morgan fingerprint density at radius 1 is 1.06 bits per heavy atom. The number of halogens is 1. The van der Waals surface area contributed by atoms with E-state index in [1.807, 2.05) is 0 Å². The van der Waals surface area contributed by atoms with Gasteiger partial charge in [0.25, 0.3) is 0 Å². The van der Waals surface area contributed by atoms with Crippen molar-refractivity contribution in [1.29, 1.82) is 0 Å². The fraction of sp³-hybridized carbons (Fsp3) is 0.364. The second-order valence-corrected chi connectivity index (χ2v) is 10.1. The Kier molecular flexibility index (Phi) is 6.41. The predicted octanol–water partition coefficient (Wildman–Crippen LogP) is 2.71. The van der Waals surface area contributed by atoms with Crippen LogP contribution in [0.15, 0.2) is 53.4 Å². The average Bonchev–Trinajstić information content (AvgIpc) is 2.82. The van der Waals surface area contributed by atoms with Crippen molar-refractivity contribution in [3.63, 3.8) is 0 Å². The molecule has 2 heterocycles. The molecule has 8 nitrogen and oxygen atoms in total. The number of sulfonamides is 1. The van der Waals surface area contributed by atoms with Crippen LogP contribution in [0.25, 0.3) is 0 Å². The Morgan fingerprint density at radius 3 is 2.38 bits per heavy atom. The number of fused-ring (bicyclic) bond motifs is 1. The van der Waals surface area contributed by atoms with E-state index in [9.17, 15) is 18.0 Å². The van der Waals surface area contributed by atoms with Gasteiger partial charge in [-0.1, -0.05) is 23.7 Å². The van der Waals surface area contributed by atoms with Crippen LogP contribution >= 0.6 is 11.6 Å². The van der Waals surface area contributed by atoms with Crippen LogP contribution in [0.1, 0.15) is 12.8 Å². The summed E-state index contributed by atoms with van der Waals surface area (Å²) in [5, 5.41) is 0.462. The number of carbonyl (C=O) groups is 2. The quantitative estimate of drug-likeness (QED) is 0.627. The highest BCUT2D eigenvalue weighted by atomic mass is 35.5. The number of rotatable bonds is 4. The molecule has 1 amide bonds. The second kappa shape index (κ2) is 9.09. The van der Waals surface area contributed by atoms with Gasteiger partial charge in [-0.2, -0.15) is 4.31 Å². The van der Waals surface area contributed by atoms with Crippen molar-refractivity contribution < 1.29 is 27.5 Å².